The predicted octanol–water partition coefficient (Wildman–Crippen LogP) is 0.448. The Balaban J connectivity index is 2.51. The Morgan fingerprint density at radius 1 is 1.58 bits per heavy atom. The number of carbonyl (C=O) groups is 1. The highest BCUT2D eigenvalue weighted by Crippen LogP contribution is 2.17. The molecule has 70 valence electrons. The van der Waals surface area contributed by atoms with Crippen molar-refractivity contribution in [1.29, 1.82) is 0 Å². The Hall–Kier alpha value is -0.610. The van der Waals surface area contributed by atoms with E-state index in [1.807, 2.05) is 5.01 Å². The molecule has 0 amide bonds. The second kappa shape index (κ2) is 3.03. The summed E-state index contributed by atoms with van der Waals surface area (Å²) >= 11 is 0. The topological polar surface area (TPSA) is 52.6 Å². The Morgan fingerprint density at radius 3 is 2.42 bits per heavy atom. The minimum absolute atomic E-state index is 0.00417. The van der Waals surface area contributed by atoms with Gasteiger partial charge in [-0.1, -0.05) is 0 Å². The summed E-state index contributed by atoms with van der Waals surface area (Å²) in [6, 6.07) is -0.399. The summed E-state index contributed by atoms with van der Waals surface area (Å²) in [7, 11) is 0. The SMILES string of the molecule is CC(C)(C)N1CCC(C(=O)O)N1. The third kappa shape index (κ3) is 1.95. The lowest BCUT2D eigenvalue weighted by molar-refractivity contribution is -0.139. The lowest BCUT2D eigenvalue weighted by Gasteiger charge is -2.31. The van der Waals surface area contributed by atoms with Crippen LogP contribution in [0.5, 0.6) is 0 Å². The lowest BCUT2D eigenvalue weighted by Crippen LogP contribution is -2.49. The summed E-state index contributed by atoms with van der Waals surface area (Å²) in [5.74, 6) is -0.762. The molecule has 0 aromatic heterocycles. The van der Waals surface area contributed by atoms with Crippen LogP contribution >= 0.6 is 0 Å². The highest BCUT2D eigenvalue weighted by Gasteiger charge is 2.33. The van der Waals surface area contributed by atoms with Gasteiger partial charge in [0.1, 0.15) is 6.04 Å². The normalized spacial score (nSPS) is 26.1. The highest BCUT2D eigenvalue weighted by molar-refractivity contribution is 5.73. The maximum atomic E-state index is 10.6. The van der Waals surface area contributed by atoms with Crippen LogP contribution in [0.1, 0.15) is 27.2 Å². The molecule has 1 aliphatic rings. The van der Waals surface area contributed by atoms with Gasteiger partial charge in [-0.3, -0.25) is 4.79 Å². The van der Waals surface area contributed by atoms with E-state index < -0.39 is 12.0 Å². The zero-order valence-electron chi connectivity index (χ0n) is 7.79. The number of nitrogens with zero attached hydrogens (tertiary/aromatic N) is 1. The van der Waals surface area contributed by atoms with Crippen molar-refractivity contribution >= 4 is 5.97 Å². The molecule has 1 rings (SSSR count). The van der Waals surface area contributed by atoms with Crippen molar-refractivity contribution in [3.8, 4) is 0 Å². The average Bonchev–Trinajstić information content (AvgIpc) is 2.30. The molecule has 12 heavy (non-hydrogen) atoms. The molecule has 0 spiro atoms. The average molecular weight is 172 g/mol. The fourth-order valence-electron chi connectivity index (χ4n) is 1.28. The van der Waals surface area contributed by atoms with Crippen molar-refractivity contribution in [1.82, 2.24) is 10.4 Å². The largest absolute Gasteiger partial charge is 0.480 e. The Labute approximate surface area is 72.5 Å². The van der Waals surface area contributed by atoms with Crippen LogP contribution in [0.2, 0.25) is 0 Å². The van der Waals surface area contributed by atoms with Crippen LogP contribution in [0.4, 0.5) is 0 Å². The van der Waals surface area contributed by atoms with Crippen LogP contribution in [0.3, 0.4) is 0 Å². The molecule has 0 saturated carbocycles. The quantitative estimate of drug-likeness (QED) is 0.603. The molecule has 0 bridgehead atoms. The van der Waals surface area contributed by atoms with Gasteiger partial charge in [-0.05, 0) is 27.2 Å². The monoisotopic (exact) mass is 172 g/mol. The van der Waals surface area contributed by atoms with E-state index >= 15 is 0 Å². The van der Waals surface area contributed by atoms with Gasteiger partial charge in [0.05, 0.1) is 0 Å². The molecular formula is C8H16N2O2. The molecule has 1 heterocycles. The van der Waals surface area contributed by atoms with Crippen LogP contribution in [-0.2, 0) is 4.79 Å². The number of hydrogen-bond donors (Lipinski definition) is 2. The molecule has 4 heteroatoms. The van der Waals surface area contributed by atoms with Gasteiger partial charge in [-0.25, -0.2) is 10.4 Å². The molecule has 0 aromatic carbocycles. The zero-order chi connectivity index (χ0) is 9.35. The molecule has 1 saturated heterocycles. The molecule has 1 atom stereocenters. The van der Waals surface area contributed by atoms with Crippen LogP contribution in [-0.4, -0.2) is 34.2 Å². The number of hydrazine groups is 1. The zero-order valence-corrected chi connectivity index (χ0v) is 7.79. The Bertz CT molecular complexity index is 186. The second-order valence-corrected chi connectivity index (χ2v) is 4.13. The minimum Gasteiger partial charge on any atom is -0.480 e. The third-order valence-electron chi connectivity index (χ3n) is 2.06. The van der Waals surface area contributed by atoms with Gasteiger partial charge in [0.15, 0.2) is 0 Å². The first-order chi connectivity index (χ1) is 5.41. The smallest absolute Gasteiger partial charge is 0.322 e. The summed E-state index contributed by atoms with van der Waals surface area (Å²) in [4.78, 5) is 10.6. The van der Waals surface area contributed by atoms with Crippen molar-refractivity contribution < 1.29 is 9.90 Å². The summed E-state index contributed by atoms with van der Waals surface area (Å²) in [6.45, 7) is 6.99. The first kappa shape index (κ1) is 9.48. The van der Waals surface area contributed by atoms with Gasteiger partial charge in [-0.15, -0.1) is 0 Å². The first-order valence-corrected chi connectivity index (χ1v) is 4.18. The highest BCUT2D eigenvalue weighted by atomic mass is 16.4. The van der Waals surface area contributed by atoms with Crippen molar-refractivity contribution in [2.75, 3.05) is 6.54 Å². The van der Waals surface area contributed by atoms with E-state index in [1.165, 1.54) is 0 Å². The van der Waals surface area contributed by atoms with Gasteiger partial charge < -0.3 is 5.11 Å². The fraction of sp³-hybridized carbons (Fsp3) is 0.875. The van der Waals surface area contributed by atoms with Gasteiger partial charge >= 0.3 is 5.97 Å². The van der Waals surface area contributed by atoms with Gasteiger partial charge in [-0.2, -0.15) is 0 Å². The van der Waals surface area contributed by atoms with E-state index in [2.05, 4.69) is 26.2 Å². The Morgan fingerprint density at radius 2 is 2.17 bits per heavy atom. The van der Waals surface area contributed by atoms with Gasteiger partial charge in [0.2, 0.25) is 0 Å². The second-order valence-electron chi connectivity index (χ2n) is 4.13. The lowest BCUT2D eigenvalue weighted by atomic mass is 10.1. The Kier molecular flexibility index (Phi) is 2.39. The summed E-state index contributed by atoms with van der Waals surface area (Å²) in [5, 5.41) is 10.7. The minimum atomic E-state index is -0.762. The van der Waals surface area contributed by atoms with Crippen molar-refractivity contribution in [3.05, 3.63) is 0 Å². The number of carboxylic acid groups (broad SMARTS) is 1. The molecule has 4 nitrogen and oxygen atoms in total. The number of rotatable bonds is 1. The fourth-order valence-corrected chi connectivity index (χ4v) is 1.28. The van der Waals surface area contributed by atoms with Crippen molar-refractivity contribution in [2.24, 2.45) is 0 Å². The molecule has 1 aliphatic heterocycles. The van der Waals surface area contributed by atoms with E-state index in [-0.39, 0.29) is 5.54 Å². The van der Waals surface area contributed by atoms with Crippen molar-refractivity contribution in [2.45, 2.75) is 38.8 Å². The first-order valence-electron chi connectivity index (χ1n) is 4.18. The summed E-state index contributed by atoms with van der Waals surface area (Å²) in [5.41, 5.74) is 2.97. The number of hydrogen-bond acceptors (Lipinski definition) is 3. The van der Waals surface area contributed by atoms with Crippen LogP contribution < -0.4 is 5.43 Å². The van der Waals surface area contributed by atoms with E-state index in [1.54, 1.807) is 0 Å². The van der Waals surface area contributed by atoms with Crippen LogP contribution in [0, 0.1) is 0 Å². The molecule has 2 N–H and O–H groups in total. The molecule has 0 aromatic rings. The van der Waals surface area contributed by atoms with Gasteiger partial charge in [0, 0.05) is 12.1 Å². The van der Waals surface area contributed by atoms with Crippen LogP contribution in [0.25, 0.3) is 0 Å². The molecule has 0 aliphatic carbocycles. The van der Waals surface area contributed by atoms with E-state index in [0.29, 0.717) is 6.42 Å². The maximum Gasteiger partial charge on any atom is 0.322 e. The molecule has 0 radical (unpaired) electrons. The maximum absolute atomic E-state index is 10.6. The predicted molar refractivity (Wildman–Crippen MR) is 45.6 cm³/mol. The molecule has 1 fully saturated rings. The van der Waals surface area contributed by atoms with Crippen LogP contribution in [0.15, 0.2) is 0 Å². The van der Waals surface area contributed by atoms with E-state index in [4.69, 9.17) is 5.11 Å². The number of nitrogens with one attached hydrogen (secondary N) is 1. The summed E-state index contributed by atoms with van der Waals surface area (Å²) < 4.78 is 0. The van der Waals surface area contributed by atoms with E-state index in [0.717, 1.165) is 6.54 Å². The molecular weight excluding hydrogens is 156 g/mol. The number of carboxylic acids is 1. The van der Waals surface area contributed by atoms with Crippen molar-refractivity contribution in [3.63, 3.8) is 0 Å². The van der Waals surface area contributed by atoms with E-state index in [9.17, 15) is 4.79 Å². The number of aliphatic carboxylic acids is 1. The summed E-state index contributed by atoms with van der Waals surface area (Å²) in [6.07, 6.45) is 0.687. The van der Waals surface area contributed by atoms with Gasteiger partial charge in [0.25, 0.3) is 0 Å². The standard InChI is InChI=1S/C8H16N2O2/c1-8(2,3)10-5-4-6(9-10)7(11)12/h6,9H,4-5H2,1-3H3,(H,11,12). The third-order valence-corrected chi connectivity index (χ3v) is 2.06. The molecule has 1 unspecified atom stereocenters.